The summed E-state index contributed by atoms with van der Waals surface area (Å²) in [6, 6.07) is 0. The zero-order chi connectivity index (χ0) is 15.0. The Morgan fingerprint density at radius 3 is 2.85 bits per heavy atom. The van der Waals surface area contributed by atoms with E-state index >= 15 is 0 Å². The fourth-order valence-electron chi connectivity index (χ4n) is 1.38. The van der Waals surface area contributed by atoms with Crippen LogP contribution in [0.5, 0.6) is 0 Å². The highest BCUT2D eigenvalue weighted by Gasteiger charge is 2.08. The normalized spacial score (nSPS) is 10.4. The van der Waals surface area contributed by atoms with Gasteiger partial charge in [-0.2, -0.15) is 0 Å². The number of nitrogens with one attached hydrogen (secondary N) is 2. The van der Waals surface area contributed by atoms with E-state index in [1.807, 2.05) is 0 Å². The molecule has 7 heteroatoms. The molecule has 0 atom stereocenters. The molecule has 0 saturated heterocycles. The topological polar surface area (TPSA) is 80.3 Å². The number of thiazole rings is 1. The molecule has 2 N–H and O–H groups in total. The van der Waals surface area contributed by atoms with Gasteiger partial charge in [0.25, 0.3) is 0 Å². The van der Waals surface area contributed by atoms with E-state index in [4.69, 9.17) is 0 Å². The SMILES string of the molecule is COC(=O)Cc1csc(NCCC(=O)NCC(C)C)n1. The van der Waals surface area contributed by atoms with Crippen LogP contribution in [-0.2, 0) is 20.7 Å². The molecule has 0 saturated carbocycles. The number of esters is 1. The molecule has 0 radical (unpaired) electrons. The largest absolute Gasteiger partial charge is 0.469 e. The van der Waals surface area contributed by atoms with E-state index in [0.717, 1.165) is 0 Å². The molecule has 1 aromatic heterocycles. The van der Waals surface area contributed by atoms with Crippen molar-refractivity contribution in [3.05, 3.63) is 11.1 Å². The van der Waals surface area contributed by atoms with Crippen LogP contribution in [0.25, 0.3) is 0 Å². The number of hydrogen-bond acceptors (Lipinski definition) is 6. The summed E-state index contributed by atoms with van der Waals surface area (Å²) in [5.41, 5.74) is 0.675. The van der Waals surface area contributed by atoms with Gasteiger partial charge in [0.1, 0.15) is 0 Å². The van der Waals surface area contributed by atoms with Crippen molar-refractivity contribution in [2.75, 3.05) is 25.5 Å². The third-order valence-electron chi connectivity index (χ3n) is 2.44. The summed E-state index contributed by atoms with van der Waals surface area (Å²) in [5.74, 6) is 0.166. The van der Waals surface area contributed by atoms with Crippen molar-refractivity contribution in [2.24, 2.45) is 5.92 Å². The van der Waals surface area contributed by atoms with Crippen LogP contribution in [0, 0.1) is 5.92 Å². The van der Waals surface area contributed by atoms with Gasteiger partial charge in [-0.1, -0.05) is 13.8 Å². The highest BCUT2D eigenvalue weighted by atomic mass is 32.1. The Kier molecular flexibility index (Phi) is 7.00. The van der Waals surface area contributed by atoms with E-state index in [0.29, 0.717) is 36.3 Å². The van der Waals surface area contributed by atoms with Crippen molar-refractivity contribution in [1.82, 2.24) is 10.3 Å². The van der Waals surface area contributed by atoms with Crippen LogP contribution in [0.2, 0.25) is 0 Å². The Morgan fingerprint density at radius 2 is 2.20 bits per heavy atom. The number of carbonyl (C=O) groups excluding carboxylic acids is 2. The molecular weight excluding hydrogens is 278 g/mol. The Morgan fingerprint density at radius 1 is 1.45 bits per heavy atom. The Hall–Kier alpha value is -1.63. The monoisotopic (exact) mass is 299 g/mol. The maximum absolute atomic E-state index is 11.5. The maximum atomic E-state index is 11.5. The highest BCUT2D eigenvalue weighted by molar-refractivity contribution is 7.13. The Bertz CT molecular complexity index is 446. The van der Waals surface area contributed by atoms with Gasteiger partial charge in [-0.05, 0) is 5.92 Å². The average molecular weight is 299 g/mol. The molecule has 6 nitrogen and oxygen atoms in total. The number of aromatic nitrogens is 1. The van der Waals surface area contributed by atoms with Gasteiger partial charge < -0.3 is 15.4 Å². The first-order valence-electron chi connectivity index (χ1n) is 6.53. The van der Waals surface area contributed by atoms with Crippen LogP contribution in [0.3, 0.4) is 0 Å². The van der Waals surface area contributed by atoms with E-state index < -0.39 is 0 Å². The predicted octanol–water partition coefficient (Wildman–Crippen LogP) is 1.43. The van der Waals surface area contributed by atoms with Gasteiger partial charge in [-0.15, -0.1) is 11.3 Å². The van der Waals surface area contributed by atoms with Gasteiger partial charge in [-0.25, -0.2) is 4.98 Å². The Balaban J connectivity index is 2.25. The second-order valence-electron chi connectivity index (χ2n) is 4.77. The summed E-state index contributed by atoms with van der Waals surface area (Å²) >= 11 is 1.41. The van der Waals surface area contributed by atoms with Crippen molar-refractivity contribution >= 4 is 28.3 Å². The van der Waals surface area contributed by atoms with Crippen LogP contribution in [0.1, 0.15) is 26.0 Å². The molecule has 1 rings (SSSR count). The Labute approximate surface area is 122 Å². The molecule has 20 heavy (non-hydrogen) atoms. The fourth-order valence-corrected chi connectivity index (χ4v) is 2.12. The molecular formula is C13H21N3O3S. The zero-order valence-electron chi connectivity index (χ0n) is 12.1. The fraction of sp³-hybridized carbons (Fsp3) is 0.615. The van der Waals surface area contributed by atoms with Crippen molar-refractivity contribution in [3.63, 3.8) is 0 Å². The van der Waals surface area contributed by atoms with E-state index in [1.54, 1.807) is 5.38 Å². The summed E-state index contributed by atoms with van der Waals surface area (Å²) in [6.45, 7) is 5.32. The van der Waals surface area contributed by atoms with E-state index in [9.17, 15) is 9.59 Å². The first-order valence-corrected chi connectivity index (χ1v) is 7.41. The third-order valence-corrected chi connectivity index (χ3v) is 3.29. The van der Waals surface area contributed by atoms with Crippen molar-refractivity contribution in [1.29, 1.82) is 0 Å². The third kappa shape index (κ3) is 6.51. The van der Waals surface area contributed by atoms with Gasteiger partial charge in [0, 0.05) is 24.9 Å². The van der Waals surface area contributed by atoms with E-state index in [2.05, 4.69) is 34.2 Å². The molecule has 0 spiro atoms. The quantitative estimate of drug-likeness (QED) is 0.710. The average Bonchev–Trinajstić information content (AvgIpc) is 2.83. The van der Waals surface area contributed by atoms with Crippen molar-refractivity contribution in [3.8, 4) is 0 Å². The van der Waals surface area contributed by atoms with Gasteiger partial charge in [0.15, 0.2) is 5.13 Å². The molecule has 0 aliphatic heterocycles. The summed E-state index contributed by atoms with van der Waals surface area (Å²) in [5, 5.41) is 8.43. The van der Waals surface area contributed by atoms with E-state index in [-0.39, 0.29) is 18.3 Å². The van der Waals surface area contributed by atoms with Gasteiger partial charge >= 0.3 is 5.97 Å². The zero-order valence-corrected chi connectivity index (χ0v) is 12.9. The molecule has 1 amide bonds. The molecule has 0 aromatic carbocycles. The first-order chi connectivity index (χ1) is 9.51. The predicted molar refractivity (Wildman–Crippen MR) is 78.8 cm³/mol. The van der Waals surface area contributed by atoms with E-state index in [1.165, 1.54) is 18.4 Å². The number of ether oxygens (including phenoxy) is 1. The second-order valence-corrected chi connectivity index (χ2v) is 5.63. The first kappa shape index (κ1) is 16.4. The maximum Gasteiger partial charge on any atom is 0.311 e. The van der Waals surface area contributed by atoms with Crippen LogP contribution in [-0.4, -0.2) is 37.1 Å². The van der Waals surface area contributed by atoms with Crippen LogP contribution in [0.15, 0.2) is 5.38 Å². The standard InChI is InChI=1S/C13H21N3O3S/c1-9(2)7-15-11(17)4-5-14-13-16-10(8-20-13)6-12(18)19-3/h8-9H,4-7H2,1-3H3,(H,14,16)(H,15,17). The summed E-state index contributed by atoms with van der Waals surface area (Å²) in [6.07, 6.45) is 0.572. The number of nitrogens with zero attached hydrogens (tertiary/aromatic N) is 1. The summed E-state index contributed by atoms with van der Waals surface area (Å²) in [7, 11) is 1.35. The van der Waals surface area contributed by atoms with Gasteiger partial charge in [0.05, 0.1) is 19.2 Å². The summed E-state index contributed by atoms with van der Waals surface area (Å²) in [4.78, 5) is 26.8. The minimum atomic E-state index is -0.310. The number of amides is 1. The van der Waals surface area contributed by atoms with Crippen molar-refractivity contribution < 1.29 is 14.3 Å². The molecule has 1 heterocycles. The lowest BCUT2D eigenvalue weighted by atomic mass is 10.2. The second kappa shape index (κ2) is 8.52. The smallest absolute Gasteiger partial charge is 0.311 e. The highest BCUT2D eigenvalue weighted by Crippen LogP contribution is 2.15. The molecule has 0 unspecified atom stereocenters. The number of carbonyl (C=O) groups is 2. The molecule has 112 valence electrons. The minimum absolute atomic E-state index is 0.0255. The van der Waals surface area contributed by atoms with Crippen molar-refractivity contribution in [2.45, 2.75) is 26.7 Å². The van der Waals surface area contributed by atoms with Gasteiger partial charge in [-0.3, -0.25) is 9.59 Å². The molecule has 0 bridgehead atoms. The number of hydrogen-bond donors (Lipinski definition) is 2. The van der Waals surface area contributed by atoms with Gasteiger partial charge in [0.2, 0.25) is 5.91 Å². The lowest BCUT2D eigenvalue weighted by Crippen LogP contribution is -2.28. The molecule has 0 aliphatic rings. The lowest BCUT2D eigenvalue weighted by Gasteiger charge is -2.07. The van der Waals surface area contributed by atoms with Crippen LogP contribution >= 0.6 is 11.3 Å². The molecule has 1 aromatic rings. The summed E-state index contributed by atoms with van der Waals surface area (Å²) < 4.78 is 4.57. The number of anilines is 1. The molecule has 0 aliphatic carbocycles. The minimum Gasteiger partial charge on any atom is -0.469 e. The van der Waals surface area contributed by atoms with Crippen LogP contribution in [0.4, 0.5) is 5.13 Å². The molecule has 0 fully saturated rings. The lowest BCUT2D eigenvalue weighted by molar-refractivity contribution is -0.139. The van der Waals surface area contributed by atoms with Crippen LogP contribution < -0.4 is 10.6 Å². The number of methoxy groups -OCH3 is 1. The number of rotatable bonds is 8.